The van der Waals surface area contributed by atoms with Gasteiger partial charge in [0, 0.05) is 5.69 Å². The first-order valence-electron chi connectivity index (χ1n) is 7.47. The number of hydrogen-bond acceptors (Lipinski definition) is 3. The van der Waals surface area contributed by atoms with Crippen LogP contribution in [0.15, 0.2) is 24.3 Å². The summed E-state index contributed by atoms with van der Waals surface area (Å²) in [6, 6.07) is 8.24. The molecule has 1 atom stereocenters. The van der Waals surface area contributed by atoms with Crippen LogP contribution in [0.25, 0.3) is 0 Å². The van der Waals surface area contributed by atoms with Crippen molar-refractivity contribution in [3.63, 3.8) is 0 Å². The Morgan fingerprint density at radius 3 is 2.45 bits per heavy atom. The molecule has 1 aliphatic heterocycles. The van der Waals surface area contributed by atoms with Crippen molar-refractivity contribution in [2.75, 3.05) is 18.1 Å². The van der Waals surface area contributed by atoms with Crippen LogP contribution in [0.3, 0.4) is 0 Å². The molecule has 1 aromatic rings. The van der Waals surface area contributed by atoms with E-state index < -0.39 is 6.10 Å². The van der Waals surface area contributed by atoms with E-state index in [1.807, 2.05) is 12.1 Å². The molecular formula is C16H21NO3. The molecule has 1 saturated heterocycles. The van der Waals surface area contributed by atoms with Crippen molar-refractivity contribution >= 4 is 11.8 Å². The van der Waals surface area contributed by atoms with Gasteiger partial charge in [0.15, 0.2) is 0 Å². The van der Waals surface area contributed by atoms with Crippen molar-refractivity contribution < 1.29 is 14.6 Å². The number of hydrogen-bond donors (Lipinski definition) is 1. The standard InChI is InChI=1S/C16H21NO3/c18-11-15-10-17(16(19)20-15)14-8-6-13(7-9-14)12-4-2-1-3-5-12/h6-9,12,15,18H,1-5,10-11H2. The Hall–Kier alpha value is -1.55. The normalized spacial score (nSPS) is 23.9. The predicted molar refractivity (Wildman–Crippen MR) is 77.0 cm³/mol. The van der Waals surface area contributed by atoms with E-state index in [-0.39, 0.29) is 12.7 Å². The number of aliphatic hydroxyl groups is 1. The molecule has 0 spiro atoms. The van der Waals surface area contributed by atoms with Crippen LogP contribution in [0, 0.1) is 0 Å². The molecule has 1 unspecified atom stereocenters. The van der Waals surface area contributed by atoms with Gasteiger partial charge in [-0.15, -0.1) is 0 Å². The lowest BCUT2D eigenvalue weighted by molar-refractivity contribution is 0.0963. The smallest absolute Gasteiger partial charge is 0.414 e. The molecule has 1 saturated carbocycles. The van der Waals surface area contributed by atoms with E-state index in [2.05, 4.69) is 12.1 Å². The quantitative estimate of drug-likeness (QED) is 0.922. The first-order chi connectivity index (χ1) is 9.78. The number of nitrogens with zero attached hydrogens (tertiary/aromatic N) is 1. The maximum absolute atomic E-state index is 11.7. The van der Waals surface area contributed by atoms with Gasteiger partial charge in [0.05, 0.1) is 13.2 Å². The van der Waals surface area contributed by atoms with Gasteiger partial charge in [-0.1, -0.05) is 31.4 Å². The second-order valence-corrected chi connectivity index (χ2v) is 5.73. The number of anilines is 1. The maximum atomic E-state index is 11.7. The maximum Gasteiger partial charge on any atom is 0.414 e. The number of amides is 1. The molecule has 1 heterocycles. The highest BCUT2D eigenvalue weighted by atomic mass is 16.6. The third-order valence-electron chi connectivity index (χ3n) is 4.36. The molecule has 0 aromatic heterocycles. The highest BCUT2D eigenvalue weighted by Gasteiger charge is 2.31. The number of carbonyl (C=O) groups is 1. The van der Waals surface area contributed by atoms with Crippen LogP contribution < -0.4 is 4.90 Å². The summed E-state index contributed by atoms with van der Waals surface area (Å²) in [5.74, 6) is 0.675. The van der Waals surface area contributed by atoms with Crippen molar-refractivity contribution in [3.8, 4) is 0 Å². The topological polar surface area (TPSA) is 49.8 Å². The molecule has 1 amide bonds. The molecule has 3 rings (SSSR count). The SMILES string of the molecule is O=C1OC(CO)CN1c1ccc(C2CCCCC2)cc1. The summed E-state index contributed by atoms with van der Waals surface area (Å²) in [4.78, 5) is 13.3. The Kier molecular flexibility index (Phi) is 3.92. The lowest BCUT2D eigenvalue weighted by Crippen LogP contribution is -2.25. The Bertz CT molecular complexity index is 465. The van der Waals surface area contributed by atoms with Gasteiger partial charge < -0.3 is 9.84 Å². The van der Waals surface area contributed by atoms with Gasteiger partial charge in [0.25, 0.3) is 0 Å². The number of aliphatic hydroxyl groups excluding tert-OH is 1. The monoisotopic (exact) mass is 275 g/mol. The third-order valence-corrected chi connectivity index (χ3v) is 4.36. The Morgan fingerprint density at radius 1 is 1.15 bits per heavy atom. The minimum absolute atomic E-state index is 0.123. The largest absolute Gasteiger partial charge is 0.441 e. The van der Waals surface area contributed by atoms with E-state index in [9.17, 15) is 4.79 Å². The van der Waals surface area contributed by atoms with E-state index in [1.165, 1.54) is 37.7 Å². The summed E-state index contributed by atoms with van der Waals surface area (Å²) in [7, 11) is 0. The second-order valence-electron chi connectivity index (χ2n) is 5.73. The zero-order chi connectivity index (χ0) is 13.9. The summed E-state index contributed by atoms with van der Waals surface area (Å²) in [5, 5.41) is 9.06. The summed E-state index contributed by atoms with van der Waals surface area (Å²) in [6.07, 6.45) is 5.79. The molecule has 20 heavy (non-hydrogen) atoms. The minimum Gasteiger partial charge on any atom is -0.441 e. The average Bonchev–Trinajstić information content (AvgIpc) is 2.89. The van der Waals surface area contributed by atoms with Crippen LogP contribution in [-0.4, -0.2) is 30.5 Å². The number of benzene rings is 1. The van der Waals surface area contributed by atoms with Crippen molar-refractivity contribution in [2.45, 2.75) is 44.1 Å². The van der Waals surface area contributed by atoms with E-state index in [0.29, 0.717) is 12.5 Å². The van der Waals surface area contributed by atoms with Gasteiger partial charge in [0.2, 0.25) is 0 Å². The molecule has 1 aliphatic carbocycles. The first-order valence-corrected chi connectivity index (χ1v) is 7.47. The lowest BCUT2D eigenvalue weighted by atomic mass is 9.84. The summed E-state index contributed by atoms with van der Waals surface area (Å²) < 4.78 is 5.06. The Balaban J connectivity index is 1.71. The molecule has 0 radical (unpaired) electrons. The van der Waals surface area contributed by atoms with Crippen LogP contribution in [-0.2, 0) is 4.74 Å². The van der Waals surface area contributed by atoms with Crippen LogP contribution in [0.4, 0.5) is 10.5 Å². The second kappa shape index (κ2) is 5.83. The molecule has 2 aliphatic rings. The fourth-order valence-corrected chi connectivity index (χ4v) is 3.19. The summed E-state index contributed by atoms with van der Waals surface area (Å²) in [6.45, 7) is 0.306. The van der Waals surface area contributed by atoms with Crippen LogP contribution in [0.2, 0.25) is 0 Å². The predicted octanol–water partition coefficient (Wildman–Crippen LogP) is 3.05. The summed E-state index contributed by atoms with van der Waals surface area (Å²) in [5.41, 5.74) is 2.23. The zero-order valence-corrected chi connectivity index (χ0v) is 11.6. The number of ether oxygens (including phenoxy) is 1. The molecule has 2 fully saturated rings. The van der Waals surface area contributed by atoms with E-state index in [0.717, 1.165) is 5.69 Å². The van der Waals surface area contributed by atoms with Crippen molar-refractivity contribution in [1.29, 1.82) is 0 Å². The highest BCUT2D eigenvalue weighted by molar-refractivity contribution is 5.89. The number of carbonyl (C=O) groups excluding carboxylic acids is 1. The van der Waals surface area contributed by atoms with E-state index >= 15 is 0 Å². The molecule has 4 heteroatoms. The van der Waals surface area contributed by atoms with Gasteiger partial charge in [-0.05, 0) is 36.5 Å². The third kappa shape index (κ3) is 2.66. The number of rotatable bonds is 3. The van der Waals surface area contributed by atoms with Crippen molar-refractivity contribution in [1.82, 2.24) is 0 Å². The van der Waals surface area contributed by atoms with Crippen LogP contribution >= 0.6 is 0 Å². The van der Waals surface area contributed by atoms with Gasteiger partial charge in [-0.3, -0.25) is 4.90 Å². The molecule has 1 aromatic carbocycles. The Morgan fingerprint density at radius 2 is 1.85 bits per heavy atom. The molecule has 1 N–H and O–H groups in total. The fourth-order valence-electron chi connectivity index (χ4n) is 3.19. The minimum atomic E-state index is -0.402. The Labute approximate surface area is 119 Å². The molecule has 0 bridgehead atoms. The highest BCUT2D eigenvalue weighted by Crippen LogP contribution is 2.33. The lowest BCUT2D eigenvalue weighted by Gasteiger charge is -2.22. The number of cyclic esters (lactones) is 1. The molecular weight excluding hydrogens is 254 g/mol. The van der Waals surface area contributed by atoms with Crippen molar-refractivity contribution in [3.05, 3.63) is 29.8 Å². The van der Waals surface area contributed by atoms with E-state index in [4.69, 9.17) is 9.84 Å². The van der Waals surface area contributed by atoms with Crippen LogP contribution in [0.5, 0.6) is 0 Å². The van der Waals surface area contributed by atoms with Gasteiger partial charge in [0.1, 0.15) is 6.10 Å². The van der Waals surface area contributed by atoms with E-state index in [1.54, 1.807) is 4.90 Å². The van der Waals surface area contributed by atoms with Crippen LogP contribution in [0.1, 0.15) is 43.6 Å². The first kappa shape index (κ1) is 13.4. The average molecular weight is 275 g/mol. The molecule has 4 nitrogen and oxygen atoms in total. The molecule has 108 valence electrons. The van der Waals surface area contributed by atoms with Gasteiger partial charge in [-0.25, -0.2) is 4.79 Å². The zero-order valence-electron chi connectivity index (χ0n) is 11.6. The van der Waals surface area contributed by atoms with Gasteiger partial charge in [-0.2, -0.15) is 0 Å². The fraction of sp³-hybridized carbons (Fsp3) is 0.562. The van der Waals surface area contributed by atoms with Gasteiger partial charge >= 0.3 is 6.09 Å². The summed E-state index contributed by atoms with van der Waals surface area (Å²) >= 11 is 0. The van der Waals surface area contributed by atoms with Crippen molar-refractivity contribution in [2.24, 2.45) is 0 Å².